The van der Waals surface area contributed by atoms with Crippen molar-refractivity contribution >= 4 is 78.7 Å². The Labute approximate surface area is 319 Å². The summed E-state index contributed by atoms with van der Waals surface area (Å²) in [7, 11) is 1.38. The van der Waals surface area contributed by atoms with Crippen molar-refractivity contribution in [3.8, 4) is 11.5 Å². The average Bonchev–Trinajstić information content (AvgIpc) is 3.49. The first-order valence-electron chi connectivity index (χ1n) is 16.5. The Kier molecular flexibility index (Phi) is 9.45. The number of fused-ring (bicyclic) bond motifs is 4. The van der Waals surface area contributed by atoms with E-state index in [1.807, 2.05) is 6.08 Å². The molecule has 0 spiro atoms. The Bertz CT molecular complexity index is 2060. The van der Waals surface area contributed by atoms with Crippen LogP contribution in [0.15, 0.2) is 75.2 Å². The van der Waals surface area contributed by atoms with E-state index in [2.05, 4.69) is 37.3 Å². The van der Waals surface area contributed by atoms with Crippen LogP contribution >= 0.6 is 43.5 Å². The van der Waals surface area contributed by atoms with Gasteiger partial charge in [-0.15, -0.1) is 0 Å². The number of hydrogen-bond donors (Lipinski definition) is 3. The molecule has 3 aromatic carbocycles. The number of carboxylic acids is 1. The van der Waals surface area contributed by atoms with Crippen LogP contribution in [0.4, 0.5) is 10.1 Å². The van der Waals surface area contributed by atoms with Gasteiger partial charge in [0.05, 0.1) is 40.4 Å². The van der Waals surface area contributed by atoms with Gasteiger partial charge in [0.2, 0.25) is 11.8 Å². The van der Waals surface area contributed by atoms with Gasteiger partial charge in [0.1, 0.15) is 5.82 Å². The zero-order chi connectivity index (χ0) is 37.2. The standard InChI is InChI=1S/C37H31Br2ClFN3O8/c1-52-26-16-24(30(38)31(39)32(26)47)29-21-12-13-22-28(35(50)43(33(22)48)14-2-3-27(45)46)23(21)15-25-34(49)44(42-20-10-8-19(41)9-11-20)36(51)37(25,29)17-4-6-18(40)7-5-17/h4-12,16,22-23,25,28-29,42,47H,2-3,13-15H2,1H3,(H,45,46)/t22-,23+,25-,28-,29+,37+/m0/s1. The largest absolute Gasteiger partial charge is 0.503 e. The number of anilines is 1. The number of phenols is 1. The van der Waals surface area contributed by atoms with Crippen LogP contribution in [-0.2, 0) is 29.4 Å². The summed E-state index contributed by atoms with van der Waals surface area (Å²) in [5.74, 6) is -8.06. The van der Waals surface area contributed by atoms with E-state index < -0.39 is 70.4 Å². The van der Waals surface area contributed by atoms with Gasteiger partial charge in [0, 0.05) is 28.4 Å². The van der Waals surface area contributed by atoms with Gasteiger partial charge in [-0.25, -0.2) is 4.39 Å². The van der Waals surface area contributed by atoms with Gasteiger partial charge in [-0.2, -0.15) is 5.01 Å². The molecular weight excluding hydrogens is 829 g/mol. The van der Waals surface area contributed by atoms with Crippen molar-refractivity contribution in [1.82, 2.24) is 9.91 Å². The number of halogens is 4. The second kappa shape index (κ2) is 13.6. The summed E-state index contributed by atoms with van der Waals surface area (Å²) in [5.41, 5.74) is 3.13. The third-order valence-electron chi connectivity index (χ3n) is 10.8. The van der Waals surface area contributed by atoms with Crippen molar-refractivity contribution in [2.45, 2.75) is 37.0 Å². The highest BCUT2D eigenvalue weighted by Gasteiger charge is 2.70. The smallest absolute Gasteiger partial charge is 0.303 e. The van der Waals surface area contributed by atoms with Gasteiger partial charge in [-0.05, 0) is 111 Å². The number of hydrogen-bond acceptors (Lipinski definition) is 8. The van der Waals surface area contributed by atoms with Crippen molar-refractivity contribution in [2.75, 3.05) is 19.1 Å². The summed E-state index contributed by atoms with van der Waals surface area (Å²) in [6.45, 7) is -0.0545. The minimum absolute atomic E-state index is 0.0221. The van der Waals surface area contributed by atoms with Crippen LogP contribution < -0.4 is 10.2 Å². The number of phenolic OH excluding ortho intramolecular Hbond substituents is 1. The number of ether oxygens (including phenoxy) is 1. The lowest BCUT2D eigenvalue weighted by molar-refractivity contribution is -0.142. The molecule has 2 aliphatic heterocycles. The molecule has 2 heterocycles. The quantitative estimate of drug-likeness (QED) is 0.160. The minimum Gasteiger partial charge on any atom is -0.503 e. The van der Waals surface area contributed by atoms with Gasteiger partial charge < -0.3 is 14.9 Å². The molecule has 4 amide bonds. The predicted molar refractivity (Wildman–Crippen MR) is 193 cm³/mol. The van der Waals surface area contributed by atoms with Gasteiger partial charge in [0.15, 0.2) is 11.5 Å². The fourth-order valence-corrected chi connectivity index (χ4v) is 9.73. The summed E-state index contributed by atoms with van der Waals surface area (Å²) in [6, 6.07) is 13.4. The monoisotopic (exact) mass is 857 g/mol. The summed E-state index contributed by atoms with van der Waals surface area (Å²) in [6.07, 6.45) is 1.94. The van der Waals surface area contributed by atoms with Crippen molar-refractivity contribution in [2.24, 2.45) is 23.7 Å². The lowest BCUT2D eigenvalue weighted by Crippen LogP contribution is -2.53. The summed E-state index contributed by atoms with van der Waals surface area (Å²) in [5, 5.41) is 21.5. The summed E-state index contributed by atoms with van der Waals surface area (Å²) < 4.78 is 20.0. The van der Waals surface area contributed by atoms with E-state index in [9.17, 15) is 33.8 Å². The fourth-order valence-electron chi connectivity index (χ4n) is 8.65. The van der Waals surface area contributed by atoms with E-state index in [-0.39, 0.29) is 53.9 Å². The Morgan fingerprint density at radius 1 is 1.02 bits per heavy atom. The van der Waals surface area contributed by atoms with Crippen molar-refractivity contribution in [3.63, 3.8) is 0 Å². The Morgan fingerprint density at radius 2 is 1.71 bits per heavy atom. The maximum atomic E-state index is 15.3. The number of nitrogens with zero attached hydrogens (tertiary/aromatic N) is 2. The molecule has 3 aromatic rings. The van der Waals surface area contributed by atoms with Gasteiger partial charge >= 0.3 is 5.97 Å². The molecule has 0 radical (unpaired) electrons. The van der Waals surface area contributed by atoms with Crippen LogP contribution in [0.1, 0.15) is 42.7 Å². The molecular formula is C37H31Br2ClFN3O8. The van der Waals surface area contributed by atoms with E-state index in [1.165, 1.54) is 31.4 Å². The molecule has 7 rings (SSSR count). The molecule has 6 atom stereocenters. The molecule has 3 fully saturated rings. The number of carbonyl (C=O) groups is 5. The van der Waals surface area contributed by atoms with Crippen molar-refractivity contribution in [1.29, 1.82) is 0 Å². The topological polar surface area (TPSA) is 154 Å². The van der Waals surface area contributed by atoms with Crippen LogP contribution in [0.5, 0.6) is 11.5 Å². The third-order valence-corrected chi connectivity index (χ3v) is 13.2. The third kappa shape index (κ3) is 5.52. The summed E-state index contributed by atoms with van der Waals surface area (Å²) >= 11 is 13.4. The number of aromatic hydroxyl groups is 1. The number of amides is 4. The number of benzene rings is 3. The Hall–Kier alpha value is -4.27. The van der Waals surface area contributed by atoms with Crippen molar-refractivity contribution in [3.05, 3.63) is 97.2 Å². The van der Waals surface area contributed by atoms with E-state index in [0.29, 0.717) is 26.2 Å². The molecule has 52 heavy (non-hydrogen) atoms. The number of nitrogens with one attached hydrogen (secondary N) is 1. The fraction of sp³-hybridized carbons (Fsp3) is 0.324. The van der Waals surface area contributed by atoms with E-state index in [0.717, 1.165) is 9.91 Å². The Balaban J connectivity index is 1.45. The maximum absolute atomic E-state index is 15.3. The highest BCUT2D eigenvalue weighted by molar-refractivity contribution is 9.13. The minimum atomic E-state index is -1.65. The zero-order valence-electron chi connectivity index (χ0n) is 27.4. The van der Waals surface area contributed by atoms with Crippen molar-refractivity contribution < 1.29 is 43.3 Å². The average molecular weight is 860 g/mol. The molecule has 0 unspecified atom stereocenters. The number of allylic oxidation sites excluding steroid dienone is 2. The lowest BCUT2D eigenvalue weighted by atomic mass is 9.49. The molecule has 4 aliphatic rings. The second-order valence-electron chi connectivity index (χ2n) is 13.3. The molecule has 2 saturated heterocycles. The lowest BCUT2D eigenvalue weighted by Gasteiger charge is -2.51. The predicted octanol–water partition coefficient (Wildman–Crippen LogP) is 6.57. The molecule has 1 saturated carbocycles. The second-order valence-corrected chi connectivity index (χ2v) is 15.4. The first-order chi connectivity index (χ1) is 24.8. The first-order valence-corrected chi connectivity index (χ1v) is 18.5. The highest BCUT2D eigenvalue weighted by atomic mass is 79.9. The van der Waals surface area contributed by atoms with Gasteiger partial charge in [-0.3, -0.25) is 34.3 Å². The van der Waals surface area contributed by atoms with Crippen LogP contribution in [0.2, 0.25) is 5.02 Å². The van der Waals surface area contributed by atoms with Crippen LogP contribution in [0.3, 0.4) is 0 Å². The molecule has 270 valence electrons. The molecule has 0 aromatic heterocycles. The SMILES string of the molecule is COc1cc([C@H]2C3=CC[C@@H]4C(=O)N(CCCC(=O)O)C(=O)[C@@H]4[C@@H]3C[C@H]3C(=O)N(Nc4ccc(F)cc4)C(=O)[C@@]23c2ccc(Cl)cc2)c(Br)c(Br)c1O. The molecule has 3 N–H and O–H groups in total. The van der Waals surface area contributed by atoms with Crippen LogP contribution in [-0.4, -0.2) is 63.4 Å². The van der Waals surface area contributed by atoms with Crippen LogP contribution in [0, 0.1) is 29.5 Å². The van der Waals surface area contributed by atoms with E-state index in [4.69, 9.17) is 16.3 Å². The number of hydrazine groups is 1. The molecule has 0 bridgehead atoms. The number of aliphatic carboxylic acids is 1. The molecule has 2 aliphatic carbocycles. The van der Waals surface area contributed by atoms with Gasteiger partial charge in [0.25, 0.3) is 11.8 Å². The number of carbonyl (C=O) groups excluding carboxylic acids is 4. The number of carboxylic acid groups (broad SMARTS) is 1. The first kappa shape index (κ1) is 36.1. The Morgan fingerprint density at radius 3 is 2.37 bits per heavy atom. The normalized spacial score (nSPS) is 26.6. The molecule has 15 heteroatoms. The number of likely N-dealkylation sites (tertiary alicyclic amines) is 1. The van der Waals surface area contributed by atoms with E-state index >= 15 is 4.79 Å². The zero-order valence-corrected chi connectivity index (χ0v) is 31.4. The summed E-state index contributed by atoms with van der Waals surface area (Å²) in [4.78, 5) is 70.3. The van der Waals surface area contributed by atoms with E-state index in [1.54, 1.807) is 30.3 Å². The number of rotatable bonds is 9. The van der Waals surface area contributed by atoms with Crippen LogP contribution in [0.25, 0.3) is 0 Å². The molecule has 11 nitrogen and oxygen atoms in total. The number of imide groups is 2. The maximum Gasteiger partial charge on any atom is 0.303 e. The highest BCUT2D eigenvalue weighted by Crippen LogP contribution is 2.65. The number of methoxy groups -OCH3 is 1. The van der Waals surface area contributed by atoms with Gasteiger partial charge in [-0.1, -0.05) is 35.4 Å².